The molecular weight excluding hydrogens is 229 g/mol. The lowest BCUT2D eigenvalue weighted by molar-refractivity contribution is 0.0971. The lowest BCUT2D eigenvalue weighted by Crippen LogP contribution is -2.24. The van der Waals surface area contributed by atoms with Crippen LogP contribution in [0.1, 0.15) is 29.6 Å². The Bertz CT molecular complexity index is 382. The molecule has 4 heteroatoms. The first-order chi connectivity index (χ1) is 7.65. The molecule has 1 saturated heterocycles. The van der Waals surface area contributed by atoms with Gasteiger partial charge in [0.15, 0.2) is 5.78 Å². The summed E-state index contributed by atoms with van der Waals surface area (Å²) < 4.78 is 13.0. The van der Waals surface area contributed by atoms with E-state index < -0.39 is 5.82 Å². The Kier molecular flexibility index (Phi) is 3.56. The van der Waals surface area contributed by atoms with Gasteiger partial charge in [0.25, 0.3) is 0 Å². The number of ketones is 1. The third kappa shape index (κ3) is 2.80. The van der Waals surface area contributed by atoms with Crippen molar-refractivity contribution >= 4 is 17.4 Å². The minimum atomic E-state index is -0.463. The maximum absolute atomic E-state index is 13.0. The van der Waals surface area contributed by atoms with Crippen molar-refractivity contribution in [2.45, 2.75) is 25.3 Å². The molecule has 0 amide bonds. The van der Waals surface area contributed by atoms with Crippen LogP contribution in [0.4, 0.5) is 4.39 Å². The smallest absolute Gasteiger partial charge is 0.164 e. The number of nitrogens with one attached hydrogen (secondary N) is 1. The normalized spacial score (nSPS) is 20.0. The van der Waals surface area contributed by atoms with E-state index in [4.69, 9.17) is 11.6 Å². The fourth-order valence-electron chi connectivity index (χ4n) is 1.99. The first-order valence-corrected chi connectivity index (χ1v) is 5.75. The summed E-state index contributed by atoms with van der Waals surface area (Å²) in [4.78, 5) is 11.8. The lowest BCUT2D eigenvalue weighted by Gasteiger charge is -2.09. The number of benzene rings is 1. The second kappa shape index (κ2) is 4.93. The molecule has 2 rings (SSSR count). The molecule has 1 aromatic rings. The average molecular weight is 242 g/mol. The molecule has 1 fully saturated rings. The third-order valence-electron chi connectivity index (χ3n) is 2.78. The first-order valence-electron chi connectivity index (χ1n) is 5.38. The summed E-state index contributed by atoms with van der Waals surface area (Å²) in [6.07, 6.45) is 2.52. The van der Waals surface area contributed by atoms with Gasteiger partial charge in [-0.15, -0.1) is 0 Å². The SMILES string of the molecule is O=C(CC1CCCN1)c1cc(F)cc(Cl)c1. The molecule has 0 saturated carbocycles. The third-order valence-corrected chi connectivity index (χ3v) is 3.00. The second-order valence-electron chi connectivity index (χ2n) is 4.08. The van der Waals surface area contributed by atoms with Gasteiger partial charge in [0, 0.05) is 23.0 Å². The van der Waals surface area contributed by atoms with Crippen molar-refractivity contribution in [2.75, 3.05) is 6.54 Å². The molecule has 0 aromatic heterocycles. The van der Waals surface area contributed by atoms with Crippen LogP contribution >= 0.6 is 11.6 Å². The van der Waals surface area contributed by atoms with Crippen molar-refractivity contribution < 1.29 is 9.18 Å². The maximum Gasteiger partial charge on any atom is 0.164 e. The number of halogens is 2. The van der Waals surface area contributed by atoms with Crippen molar-refractivity contribution in [1.29, 1.82) is 0 Å². The number of Topliss-reactive ketones (excluding diaryl/α,β-unsaturated/α-hetero) is 1. The number of rotatable bonds is 3. The van der Waals surface area contributed by atoms with Crippen LogP contribution in [0.25, 0.3) is 0 Å². The van der Waals surface area contributed by atoms with Gasteiger partial charge in [-0.3, -0.25) is 4.79 Å². The fraction of sp³-hybridized carbons (Fsp3) is 0.417. The van der Waals surface area contributed by atoms with E-state index in [-0.39, 0.29) is 16.8 Å². The molecule has 2 nitrogen and oxygen atoms in total. The van der Waals surface area contributed by atoms with E-state index in [9.17, 15) is 9.18 Å². The highest BCUT2D eigenvalue weighted by Crippen LogP contribution is 2.18. The van der Waals surface area contributed by atoms with Crippen molar-refractivity contribution in [3.8, 4) is 0 Å². The van der Waals surface area contributed by atoms with E-state index in [2.05, 4.69) is 5.32 Å². The van der Waals surface area contributed by atoms with E-state index in [0.717, 1.165) is 19.4 Å². The Morgan fingerprint density at radius 1 is 1.50 bits per heavy atom. The van der Waals surface area contributed by atoms with Crippen molar-refractivity contribution in [3.05, 3.63) is 34.6 Å². The van der Waals surface area contributed by atoms with Gasteiger partial charge in [0.05, 0.1) is 0 Å². The van der Waals surface area contributed by atoms with Crippen molar-refractivity contribution in [2.24, 2.45) is 0 Å². The zero-order chi connectivity index (χ0) is 11.5. The quantitative estimate of drug-likeness (QED) is 0.825. The van der Waals surface area contributed by atoms with Crippen molar-refractivity contribution in [3.63, 3.8) is 0 Å². The summed E-state index contributed by atoms with van der Waals surface area (Å²) in [5, 5.41) is 3.51. The molecular formula is C12H13ClFNO. The minimum absolute atomic E-state index is 0.0548. The summed E-state index contributed by atoms with van der Waals surface area (Å²) in [7, 11) is 0. The van der Waals surface area contributed by atoms with Gasteiger partial charge in [-0.05, 0) is 37.6 Å². The van der Waals surface area contributed by atoms with Gasteiger partial charge in [0.2, 0.25) is 0 Å². The number of hydrogen-bond acceptors (Lipinski definition) is 2. The van der Waals surface area contributed by atoms with E-state index in [0.29, 0.717) is 12.0 Å². The van der Waals surface area contributed by atoms with E-state index in [1.807, 2.05) is 0 Å². The summed E-state index contributed by atoms with van der Waals surface area (Å²) in [6, 6.07) is 4.19. The molecule has 1 N–H and O–H groups in total. The van der Waals surface area contributed by atoms with E-state index in [1.165, 1.54) is 18.2 Å². The first kappa shape index (κ1) is 11.6. The molecule has 1 heterocycles. The van der Waals surface area contributed by atoms with Gasteiger partial charge in [0.1, 0.15) is 5.82 Å². The predicted octanol–water partition coefficient (Wildman–Crippen LogP) is 2.80. The predicted molar refractivity (Wildman–Crippen MR) is 61.4 cm³/mol. The lowest BCUT2D eigenvalue weighted by atomic mass is 10.0. The molecule has 1 aliphatic rings. The molecule has 86 valence electrons. The second-order valence-corrected chi connectivity index (χ2v) is 4.52. The van der Waals surface area contributed by atoms with E-state index >= 15 is 0 Å². The van der Waals surface area contributed by atoms with Gasteiger partial charge >= 0.3 is 0 Å². The molecule has 1 atom stereocenters. The zero-order valence-corrected chi connectivity index (χ0v) is 9.56. The highest BCUT2D eigenvalue weighted by atomic mass is 35.5. The van der Waals surface area contributed by atoms with Crippen LogP contribution in [0.5, 0.6) is 0 Å². The summed E-state index contributed by atoms with van der Waals surface area (Å²) in [5.74, 6) is -0.518. The Morgan fingerprint density at radius 3 is 2.94 bits per heavy atom. The summed E-state index contributed by atoms with van der Waals surface area (Å²) in [5.41, 5.74) is 0.360. The Balaban J connectivity index is 2.07. The fourth-order valence-corrected chi connectivity index (χ4v) is 2.21. The summed E-state index contributed by atoms with van der Waals surface area (Å²) >= 11 is 5.70. The summed E-state index contributed by atoms with van der Waals surface area (Å²) in [6.45, 7) is 0.960. The molecule has 0 spiro atoms. The Labute approximate surface area is 98.8 Å². The van der Waals surface area contributed by atoms with Gasteiger partial charge < -0.3 is 5.32 Å². The van der Waals surface area contributed by atoms with Gasteiger partial charge in [-0.25, -0.2) is 4.39 Å². The van der Waals surface area contributed by atoms with Gasteiger partial charge in [-0.1, -0.05) is 11.6 Å². The van der Waals surface area contributed by atoms with Crippen LogP contribution in [0.3, 0.4) is 0 Å². The number of carbonyl (C=O) groups excluding carboxylic acids is 1. The maximum atomic E-state index is 13.0. The van der Waals surface area contributed by atoms with Crippen LogP contribution < -0.4 is 5.32 Å². The molecule has 0 aliphatic carbocycles. The van der Waals surface area contributed by atoms with E-state index in [1.54, 1.807) is 0 Å². The largest absolute Gasteiger partial charge is 0.314 e. The molecule has 16 heavy (non-hydrogen) atoms. The van der Waals surface area contributed by atoms with Crippen molar-refractivity contribution in [1.82, 2.24) is 5.32 Å². The zero-order valence-electron chi connectivity index (χ0n) is 8.80. The van der Waals surface area contributed by atoms with Crippen LogP contribution in [0.15, 0.2) is 18.2 Å². The number of carbonyl (C=O) groups is 1. The topological polar surface area (TPSA) is 29.1 Å². The standard InChI is InChI=1S/C12H13ClFNO/c13-9-4-8(5-10(14)6-9)12(16)7-11-2-1-3-15-11/h4-6,11,15H,1-3,7H2. The molecule has 0 bridgehead atoms. The number of hydrogen-bond donors (Lipinski definition) is 1. The molecule has 1 aromatic carbocycles. The van der Waals surface area contributed by atoms with Crippen LogP contribution in [-0.2, 0) is 0 Å². The Hall–Kier alpha value is -0.930. The minimum Gasteiger partial charge on any atom is -0.314 e. The van der Waals surface area contributed by atoms with Gasteiger partial charge in [-0.2, -0.15) is 0 Å². The monoisotopic (exact) mass is 241 g/mol. The van der Waals surface area contributed by atoms with Crippen LogP contribution in [0.2, 0.25) is 5.02 Å². The molecule has 1 unspecified atom stereocenters. The Morgan fingerprint density at radius 2 is 2.31 bits per heavy atom. The van der Waals surface area contributed by atoms with Crippen LogP contribution in [0, 0.1) is 5.82 Å². The highest BCUT2D eigenvalue weighted by Gasteiger charge is 2.19. The molecule has 1 aliphatic heterocycles. The molecule has 0 radical (unpaired) electrons. The highest BCUT2D eigenvalue weighted by molar-refractivity contribution is 6.31. The average Bonchev–Trinajstić information content (AvgIpc) is 2.68. The van der Waals surface area contributed by atoms with Crippen LogP contribution in [-0.4, -0.2) is 18.4 Å².